The highest BCUT2D eigenvalue weighted by Gasteiger charge is 2.21. The predicted octanol–water partition coefficient (Wildman–Crippen LogP) is 1.76. The van der Waals surface area contributed by atoms with Crippen molar-refractivity contribution >= 4 is 11.6 Å². The number of amides is 1. The second-order valence-corrected chi connectivity index (χ2v) is 5.27. The number of nitrogens with one attached hydrogen (secondary N) is 2. The maximum atomic E-state index is 12.1. The summed E-state index contributed by atoms with van der Waals surface area (Å²) in [4.78, 5) is 20.3. The van der Waals surface area contributed by atoms with Crippen molar-refractivity contribution in [3.05, 3.63) is 30.0 Å². The summed E-state index contributed by atoms with van der Waals surface area (Å²) in [6, 6.07) is 3.40. The number of hydrogen-bond donors (Lipinski definition) is 2. The smallest absolute Gasteiger partial charge is 0.295 e. The normalized spacial score (nSPS) is 11.2. The van der Waals surface area contributed by atoms with Crippen molar-refractivity contribution in [3.63, 3.8) is 0 Å². The molecule has 0 spiro atoms. The summed E-state index contributed by atoms with van der Waals surface area (Å²) < 4.78 is 5.07. The summed E-state index contributed by atoms with van der Waals surface area (Å²) in [5.74, 6) is 0.664. The molecular formula is C13H17N5O2. The summed E-state index contributed by atoms with van der Waals surface area (Å²) in [6.45, 7) is 5.96. The van der Waals surface area contributed by atoms with Crippen LogP contribution in [0.3, 0.4) is 0 Å². The Balaban J connectivity index is 2.18. The maximum Gasteiger partial charge on any atom is 0.295 e. The number of rotatable bonds is 3. The average molecular weight is 275 g/mol. The Hall–Kier alpha value is -2.44. The van der Waals surface area contributed by atoms with Crippen molar-refractivity contribution < 1.29 is 9.53 Å². The van der Waals surface area contributed by atoms with Crippen molar-refractivity contribution in [3.8, 4) is 5.88 Å². The van der Waals surface area contributed by atoms with Crippen LogP contribution in [-0.2, 0) is 5.41 Å². The summed E-state index contributed by atoms with van der Waals surface area (Å²) in [7, 11) is 1.49. The van der Waals surface area contributed by atoms with E-state index >= 15 is 0 Å². The number of hydrogen-bond acceptors (Lipinski definition) is 5. The lowest BCUT2D eigenvalue weighted by Crippen LogP contribution is -2.16. The molecule has 0 aliphatic rings. The van der Waals surface area contributed by atoms with Gasteiger partial charge >= 0.3 is 0 Å². The van der Waals surface area contributed by atoms with Crippen LogP contribution in [0.1, 0.15) is 37.2 Å². The van der Waals surface area contributed by atoms with Crippen LogP contribution in [0.25, 0.3) is 0 Å². The van der Waals surface area contributed by atoms with Gasteiger partial charge in [-0.2, -0.15) is 0 Å². The van der Waals surface area contributed by atoms with Gasteiger partial charge in [-0.15, -0.1) is 5.10 Å². The van der Waals surface area contributed by atoms with Gasteiger partial charge in [0.05, 0.1) is 7.11 Å². The van der Waals surface area contributed by atoms with Crippen LogP contribution in [0.4, 0.5) is 5.69 Å². The molecule has 0 atom stereocenters. The molecule has 0 aliphatic carbocycles. The molecule has 7 nitrogen and oxygen atoms in total. The third kappa shape index (κ3) is 2.93. The topological polar surface area (TPSA) is 92.8 Å². The molecule has 2 N–H and O–H groups in total. The van der Waals surface area contributed by atoms with E-state index in [1.807, 2.05) is 20.8 Å². The number of nitrogens with zero attached hydrogens (tertiary/aromatic N) is 3. The Bertz CT molecular complexity index is 615. The molecule has 0 aromatic carbocycles. The monoisotopic (exact) mass is 275 g/mol. The first-order valence-electron chi connectivity index (χ1n) is 6.15. The molecule has 0 bridgehead atoms. The summed E-state index contributed by atoms with van der Waals surface area (Å²) in [6.07, 6.45) is 1.58. The summed E-state index contributed by atoms with van der Waals surface area (Å²) >= 11 is 0. The molecule has 106 valence electrons. The van der Waals surface area contributed by atoms with E-state index in [-0.39, 0.29) is 11.2 Å². The Kier molecular flexibility index (Phi) is 3.69. The van der Waals surface area contributed by atoms with E-state index in [9.17, 15) is 4.79 Å². The minimum Gasteiger partial charge on any atom is -0.480 e. The molecule has 0 saturated heterocycles. The third-order valence-corrected chi connectivity index (χ3v) is 2.61. The van der Waals surface area contributed by atoms with E-state index in [1.54, 1.807) is 18.3 Å². The number of H-pyrrole nitrogens is 1. The van der Waals surface area contributed by atoms with Crippen molar-refractivity contribution in [2.45, 2.75) is 26.2 Å². The second-order valence-electron chi connectivity index (χ2n) is 5.27. The first-order chi connectivity index (χ1) is 9.41. The molecule has 1 amide bonds. The van der Waals surface area contributed by atoms with Crippen molar-refractivity contribution in [1.29, 1.82) is 0 Å². The predicted molar refractivity (Wildman–Crippen MR) is 73.8 cm³/mol. The molecule has 0 unspecified atom stereocenters. The lowest BCUT2D eigenvalue weighted by atomic mass is 9.96. The van der Waals surface area contributed by atoms with Crippen LogP contribution < -0.4 is 10.1 Å². The average Bonchev–Trinajstić information content (AvgIpc) is 2.89. The van der Waals surface area contributed by atoms with E-state index in [2.05, 4.69) is 25.5 Å². The van der Waals surface area contributed by atoms with Gasteiger partial charge in [0.15, 0.2) is 0 Å². The number of ether oxygens (including phenoxy) is 1. The fourth-order valence-corrected chi connectivity index (χ4v) is 1.53. The molecule has 2 aromatic rings. The van der Waals surface area contributed by atoms with E-state index < -0.39 is 5.91 Å². The SMILES string of the molecule is COc1ncccc1NC(=O)c1n[nH]c(C(C)(C)C)n1. The van der Waals surface area contributed by atoms with Crippen molar-refractivity contribution in [2.24, 2.45) is 0 Å². The van der Waals surface area contributed by atoms with Crippen LogP contribution in [0.15, 0.2) is 18.3 Å². The Morgan fingerprint density at radius 2 is 2.15 bits per heavy atom. The van der Waals surface area contributed by atoms with Crippen molar-refractivity contribution in [2.75, 3.05) is 12.4 Å². The number of aromatic nitrogens is 4. The van der Waals surface area contributed by atoms with Gasteiger partial charge in [-0.25, -0.2) is 9.97 Å². The quantitative estimate of drug-likeness (QED) is 0.890. The largest absolute Gasteiger partial charge is 0.480 e. The lowest BCUT2D eigenvalue weighted by Gasteiger charge is -2.12. The first-order valence-corrected chi connectivity index (χ1v) is 6.15. The zero-order chi connectivity index (χ0) is 14.8. The van der Waals surface area contributed by atoms with Crippen LogP contribution in [0, 0.1) is 0 Å². The van der Waals surface area contributed by atoms with E-state index in [4.69, 9.17) is 4.74 Å². The van der Waals surface area contributed by atoms with Gasteiger partial charge in [-0.3, -0.25) is 9.89 Å². The molecule has 2 aromatic heterocycles. The zero-order valence-electron chi connectivity index (χ0n) is 11.9. The minimum atomic E-state index is -0.414. The second kappa shape index (κ2) is 5.28. The Labute approximate surface area is 116 Å². The van der Waals surface area contributed by atoms with E-state index in [0.29, 0.717) is 17.4 Å². The van der Waals surface area contributed by atoms with E-state index in [1.165, 1.54) is 7.11 Å². The van der Waals surface area contributed by atoms with Crippen LogP contribution >= 0.6 is 0 Å². The fraction of sp³-hybridized carbons (Fsp3) is 0.385. The number of carbonyl (C=O) groups excluding carboxylic acids is 1. The van der Waals surface area contributed by atoms with Gasteiger partial charge < -0.3 is 10.1 Å². The van der Waals surface area contributed by atoms with Crippen LogP contribution in [0.2, 0.25) is 0 Å². The van der Waals surface area contributed by atoms with Gasteiger partial charge in [0.25, 0.3) is 5.91 Å². The molecular weight excluding hydrogens is 258 g/mol. The molecule has 0 fully saturated rings. The summed E-state index contributed by atoms with van der Waals surface area (Å²) in [5, 5.41) is 9.37. The fourth-order valence-electron chi connectivity index (χ4n) is 1.53. The number of anilines is 1. The maximum absolute atomic E-state index is 12.1. The molecule has 0 radical (unpaired) electrons. The number of pyridine rings is 1. The van der Waals surface area contributed by atoms with Crippen LogP contribution in [-0.4, -0.2) is 33.2 Å². The zero-order valence-corrected chi connectivity index (χ0v) is 11.9. The molecule has 0 saturated carbocycles. The molecule has 2 heterocycles. The molecule has 7 heteroatoms. The van der Waals surface area contributed by atoms with Gasteiger partial charge in [0, 0.05) is 11.6 Å². The third-order valence-electron chi connectivity index (χ3n) is 2.61. The minimum absolute atomic E-state index is 0.0841. The molecule has 20 heavy (non-hydrogen) atoms. The van der Waals surface area contributed by atoms with Gasteiger partial charge in [-0.1, -0.05) is 20.8 Å². The molecule has 0 aliphatic heterocycles. The lowest BCUT2D eigenvalue weighted by molar-refractivity contribution is 0.101. The first kappa shape index (κ1) is 14.0. The van der Waals surface area contributed by atoms with Gasteiger partial charge in [0.2, 0.25) is 11.7 Å². The number of carbonyl (C=O) groups is 1. The van der Waals surface area contributed by atoms with E-state index in [0.717, 1.165) is 0 Å². The highest BCUT2D eigenvalue weighted by molar-refractivity contribution is 6.02. The number of methoxy groups -OCH3 is 1. The Morgan fingerprint density at radius 3 is 2.75 bits per heavy atom. The Morgan fingerprint density at radius 1 is 1.40 bits per heavy atom. The standard InChI is InChI=1S/C13H17N5O2/c1-13(2,3)12-16-9(17-18-12)10(19)15-8-6-5-7-14-11(8)20-4/h5-7H,1-4H3,(H,15,19)(H,16,17,18). The summed E-state index contributed by atoms with van der Waals surface area (Å²) in [5.41, 5.74) is 0.277. The van der Waals surface area contributed by atoms with Gasteiger partial charge in [-0.05, 0) is 12.1 Å². The highest BCUT2D eigenvalue weighted by Crippen LogP contribution is 2.21. The van der Waals surface area contributed by atoms with Crippen LogP contribution in [0.5, 0.6) is 5.88 Å². The van der Waals surface area contributed by atoms with Gasteiger partial charge in [0.1, 0.15) is 11.5 Å². The molecule has 2 rings (SSSR count). The highest BCUT2D eigenvalue weighted by atomic mass is 16.5. The van der Waals surface area contributed by atoms with Crippen molar-refractivity contribution in [1.82, 2.24) is 20.2 Å². The number of aromatic amines is 1.